The molecule has 0 saturated heterocycles. The monoisotopic (exact) mass is 593 g/mol. The highest BCUT2D eigenvalue weighted by molar-refractivity contribution is 9.11. The average Bonchev–Trinajstić information content (AvgIpc) is 2.77. The van der Waals surface area contributed by atoms with Crippen LogP contribution < -0.4 is 25.6 Å². The summed E-state index contributed by atoms with van der Waals surface area (Å²) in [5.41, 5.74) is 6.80. The fourth-order valence-electron chi connectivity index (χ4n) is 2.86. The number of nitrogens with one attached hydrogen (secondary N) is 3. The number of ether oxygens (including phenoxy) is 2. The van der Waals surface area contributed by atoms with Crippen molar-refractivity contribution in [1.82, 2.24) is 16.2 Å². The van der Waals surface area contributed by atoms with E-state index < -0.39 is 11.8 Å². The average molecular weight is 595 g/mol. The summed E-state index contributed by atoms with van der Waals surface area (Å²) < 4.78 is 12.8. The summed E-state index contributed by atoms with van der Waals surface area (Å²) in [4.78, 5) is 24.1. The molecule has 0 aromatic heterocycles. The molecule has 3 aromatic carbocycles. The Bertz CT molecular complexity index is 1220. The number of benzene rings is 3. The Labute approximate surface area is 213 Å². The zero-order valence-corrected chi connectivity index (χ0v) is 21.8. The number of fused-ring (bicyclic) bond motifs is 1. The van der Waals surface area contributed by atoms with E-state index >= 15 is 0 Å². The van der Waals surface area contributed by atoms with Crippen LogP contribution in [0.2, 0.25) is 0 Å². The van der Waals surface area contributed by atoms with Gasteiger partial charge in [0.05, 0.1) is 4.47 Å². The molecule has 0 fully saturated rings. The lowest BCUT2D eigenvalue weighted by molar-refractivity contribution is -0.124. The van der Waals surface area contributed by atoms with Gasteiger partial charge in [0.1, 0.15) is 11.5 Å². The van der Waals surface area contributed by atoms with Crippen molar-refractivity contribution in [2.75, 3.05) is 13.2 Å². The molecule has 33 heavy (non-hydrogen) atoms. The van der Waals surface area contributed by atoms with E-state index in [2.05, 4.69) is 48.0 Å². The Kier molecular flexibility index (Phi) is 8.65. The molecule has 0 spiro atoms. The molecule has 3 N–H and O–H groups in total. The van der Waals surface area contributed by atoms with E-state index in [1.54, 1.807) is 6.07 Å². The quantitative estimate of drug-likeness (QED) is 0.288. The Hall–Kier alpha value is -2.69. The van der Waals surface area contributed by atoms with Crippen LogP contribution in [0.3, 0.4) is 0 Å². The molecule has 0 aliphatic heterocycles. The number of thiocarbonyl (C=S) groups is 1. The van der Waals surface area contributed by atoms with E-state index in [0.29, 0.717) is 11.5 Å². The number of carbonyl (C=O) groups excluding carboxylic acids is 2. The summed E-state index contributed by atoms with van der Waals surface area (Å²) in [5.74, 6) is 0.230. The van der Waals surface area contributed by atoms with Gasteiger partial charge in [-0.15, -0.1) is 0 Å². The van der Waals surface area contributed by atoms with Gasteiger partial charge in [0, 0.05) is 4.47 Å². The molecule has 0 radical (unpaired) electrons. The third-order valence-electron chi connectivity index (χ3n) is 4.51. The molecular formula is C23H21Br2N3O4S. The third kappa shape index (κ3) is 7.15. The van der Waals surface area contributed by atoms with Crippen LogP contribution in [0.15, 0.2) is 57.5 Å². The van der Waals surface area contributed by atoms with Gasteiger partial charge in [0.2, 0.25) is 0 Å². The molecule has 0 aliphatic rings. The molecule has 0 aliphatic carbocycles. The highest BCUT2D eigenvalue weighted by Crippen LogP contribution is 2.34. The number of halogens is 2. The molecule has 2 amide bonds. The van der Waals surface area contributed by atoms with Gasteiger partial charge in [-0.05, 0) is 88.2 Å². The maximum absolute atomic E-state index is 12.1. The first kappa shape index (κ1) is 24.9. The van der Waals surface area contributed by atoms with Crippen molar-refractivity contribution in [3.8, 4) is 11.5 Å². The number of hydrogen-bond acceptors (Lipinski definition) is 5. The van der Waals surface area contributed by atoms with E-state index in [0.717, 1.165) is 30.8 Å². The Balaban J connectivity index is 1.42. The summed E-state index contributed by atoms with van der Waals surface area (Å²) in [6, 6.07) is 15.3. The number of rotatable bonds is 6. The molecule has 7 nitrogen and oxygen atoms in total. The zero-order valence-electron chi connectivity index (χ0n) is 17.8. The smallest absolute Gasteiger partial charge is 0.276 e. The van der Waals surface area contributed by atoms with Crippen LogP contribution in [0.5, 0.6) is 11.5 Å². The maximum atomic E-state index is 12.1. The number of amides is 2. The molecule has 0 unspecified atom stereocenters. The molecule has 0 heterocycles. The van der Waals surface area contributed by atoms with Gasteiger partial charge in [-0.2, -0.15) is 0 Å². The summed E-state index contributed by atoms with van der Waals surface area (Å²) in [6.07, 6.45) is 0. The van der Waals surface area contributed by atoms with Crippen LogP contribution >= 0.6 is 44.1 Å². The highest BCUT2D eigenvalue weighted by atomic mass is 79.9. The molecule has 0 saturated carbocycles. The first-order valence-corrected chi connectivity index (χ1v) is 11.8. The fourth-order valence-corrected chi connectivity index (χ4v) is 4.01. The first-order chi connectivity index (χ1) is 15.7. The molecule has 3 rings (SSSR count). The minimum atomic E-state index is -0.471. The molecule has 0 bridgehead atoms. The van der Waals surface area contributed by atoms with Gasteiger partial charge in [-0.3, -0.25) is 25.8 Å². The van der Waals surface area contributed by atoms with Gasteiger partial charge in [0.25, 0.3) is 11.8 Å². The van der Waals surface area contributed by atoms with Crippen molar-refractivity contribution in [2.45, 2.75) is 13.8 Å². The van der Waals surface area contributed by atoms with Crippen LogP contribution in [0.1, 0.15) is 11.1 Å². The second kappa shape index (κ2) is 11.4. The molecule has 0 atom stereocenters. The minimum absolute atomic E-state index is 0.0598. The van der Waals surface area contributed by atoms with Crippen molar-refractivity contribution < 1.29 is 19.1 Å². The van der Waals surface area contributed by atoms with Gasteiger partial charge >= 0.3 is 0 Å². The van der Waals surface area contributed by atoms with E-state index in [-0.39, 0.29) is 18.3 Å². The fraction of sp³-hybridized carbons (Fsp3) is 0.174. The first-order valence-electron chi connectivity index (χ1n) is 9.82. The normalized spacial score (nSPS) is 10.4. The Morgan fingerprint density at radius 2 is 1.61 bits per heavy atom. The second-order valence-corrected chi connectivity index (χ2v) is 9.26. The minimum Gasteiger partial charge on any atom is -0.483 e. The predicted octanol–water partition coefficient (Wildman–Crippen LogP) is 4.46. The third-order valence-corrected chi connectivity index (χ3v) is 6.03. The summed E-state index contributed by atoms with van der Waals surface area (Å²) in [6.45, 7) is 3.37. The molecule has 10 heteroatoms. The van der Waals surface area contributed by atoms with E-state index in [1.807, 2.05) is 56.3 Å². The summed E-state index contributed by atoms with van der Waals surface area (Å²) in [7, 11) is 0. The van der Waals surface area contributed by atoms with Crippen molar-refractivity contribution in [3.05, 3.63) is 68.6 Å². The second-order valence-electron chi connectivity index (χ2n) is 7.14. The lowest BCUT2D eigenvalue weighted by atomic mass is 10.1. The van der Waals surface area contributed by atoms with Crippen molar-refractivity contribution >= 4 is 71.8 Å². The van der Waals surface area contributed by atoms with Crippen LogP contribution in [-0.2, 0) is 9.59 Å². The lowest BCUT2D eigenvalue weighted by Crippen LogP contribution is -2.50. The Morgan fingerprint density at radius 3 is 2.39 bits per heavy atom. The van der Waals surface area contributed by atoms with Crippen molar-refractivity contribution in [3.63, 3.8) is 0 Å². The summed E-state index contributed by atoms with van der Waals surface area (Å²) >= 11 is 12.0. The maximum Gasteiger partial charge on any atom is 0.276 e. The zero-order chi connectivity index (χ0) is 24.0. The number of aryl methyl sites for hydroxylation is 2. The predicted molar refractivity (Wildman–Crippen MR) is 138 cm³/mol. The SMILES string of the molecule is Cc1ccc(C)c(OCC(=O)NC(=S)NNC(=O)COc2ccc3cc(Br)ccc3c2Br)c1. The van der Waals surface area contributed by atoms with E-state index in [9.17, 15) is 9.59 Å². The summed E-state index contributed by atoms with van der Waals surface area (Å²) in [5, 5.41) is 4.36. The van der Waals surface area contributed by atoms with Crippen LogP contribution in [0.25, 0.3) is 10.8 Å². The molecule has 172 valence electrons. The molecular weight excluding hydrogens is 574 g/mol. The largest absolute Gasteiger partial charge is 0.483 e. The van der Waals surface area contributed by atoms with Crippen LogP contribution in [0, 0.1) is 13.8 Å². The Morgan fingerprint density at radius 1 is 0.879 bits per heavy atom. The number of carbonyl (C=O) groups is 2. The van der Waals surface area contributed by atoms with Crippen LogP contribution in [0.4, 0.5) is 0 Å². The number of hydrazine groups is 1. The van der Waals surface area contributed by atoms with Gasteiger partial charge in [0.15, 0.2) is 18.3 Å². The lowest BCUT2D eigenvalue weighted by Gasteiger charge is -2.13. The van der Waals surface area contributed by atoms with Gasteiger partial charge in [-0.1, -0.05) is 40.2 Å². The molecule has 3 aromatic rings. The number of hydrogen-bond donors (Lipinski definition) is 3. The highest BCUT2D eigenvalue weighted by Gasteiger charge is 2.11. The van der Waals surface area contributed by atoms with Crippen molar-refractivity contribution in [2.24, 2.45) is 0 Å². The standard InChI is InChI=1S/C23H21Br2N3O4S/c1-13-3-4-14(2)19(9-13)32-11-20(29)26-23(33)28-27-21(30)12-31-18-8-5-15-10-16(24)6-7-17(15)22(18)25/h3-10H,11-12H2,1-2H3,(H,27,30)(H2,26,28,29,33). The van der Waals surface area contributed by atoms with Crippen molar-refractivity contribution in [1.29, 1.82) is 0 Å². The topological polar surface area (TPSA) is 88.7 Å². The van der Waals surface area contributed by atoms with Gasteiger partial charge in [-0.25, -0.2) is 0 Å². The van der Waals surface area contributed by atoms with E-state index in [4.69, 9.17) is 21.7 Å². The van der Waals surface area contributed by atoms with Gasteiger partial charge < -0.3 is 9.47 Å². The van der Waals surface area contributed by atoms with E-state index in [1.165, 1.54) is 0 Å². The van der Waals surface area contributed by atoms with Crippen LogP contribution in [-0.4, -0.2) is 30.1 Å².